The molecule has 3 heterocycles. The van der Waals surface area contributed by atoms with Crippen molar-refractivity contribution in [3.63, 3.8) is 0 Å². The second-order valence-electron chi connectivity index (χ2n) is 6.18. The number of benzene rings is 1. The number of halogens is 1. The Bertz CT molecular complexity index is 1230. The molecule has 0 aliphatic heterocycles. The number of furan rings is 1. The van der Waals surface area contributed by atoms with E-state index in [0.717, 1.165) is 0 Å². The lowest BCUT2D eigenvalue weighted by molar-refractivity contribution is 0.102. The van der Waals surface area contributed by atoms with Gasteiger partial charge in [-0.05, 0) is 36.8 Å². The average Bonchev–Trinajstić information content (AvgIpc) is 3.37. The predicted molar refractivity (Wildman–Crippen MR) is 108 cm³/mol. The second kappa shape index (κ2) is 7.76. The number of hydrogen-bond donors (Lipinski definition) is 2. The molecule has 0 atom stereocenters. The fraction of sp³-hybridized carbons (Fsp3) is 0.100. The summed E-state index contributed by atoms with van der Waals surface area (Å²) in [6, 6.07) is 13.1. The summed E-state index contributed by atoms with van der Waals surface area (Å²) in [4.78, 5) is 31.8. The van der Waals surface area contributed by atoms with E-state index in [-0.39, 0.29) is 17.4 Å². The molecule has 2 N–H and O–H groups in total. The maximum Gasteiger partial charge on any atom is 0.256 e. The molecule has 1 aromatic carbocycles. The number of anilines is 1. The highest BCUT2D eigenvalue weighted by atomic mass is 35.5. The number of aromatic amines is 1. The zero-order chi connectivity index (χ0) is 20.4. The van der Waals surface area contributed by atoms with Gasteiger partial charge in [-0.3, -0.25) is 14.6 Å². The van der Waals surface area contributed by atoms with E-state index in [1.807, 2.05) is 6.92 Å². The maximum atomic E-state index is 12.7. The molecule has 3 aromatic heterocycles. The third-order valence-corrected chi connectivity index (χ3v) is 4.39. The van der Waals surface area contributed by atoms with Gasteiger partial charge in [0.25, 0.3) is 11.5 Å². The fourth-order valence-corrected chi connectivity index (χ4v) is 2.96. The van der Waals surface area contributed by atoms with Gasteiger partial charge in [-0.2, -0.15) is 9.78 Å². The number of nitrogens with one attached hydrogen (secondary N) is 2. The minimum absolute atomic E-state index is 0.188. The topological polar surface area (TPSA) is 106 Å². The molecule has 8 nitrogen and oxygen atoms in total. The van der Waals surface area contributed by atoms with Crippen LogP contribution >= 0.6 is 11.6 Å². The molecule has 0 radical (unpaired) electrons. The first-order valence-electron chi connectivity index (χ1n) is 8.85. The molecule has 9 heteroatoms. The number of H-pyrrole nitrogens is 1. The normalized spacial score (nSPS) is 10.8. The number of rotatable bonds is 5. The van der Waals surface area contributed by atoms with Crippen molar-refractivity contribution in [3.8, 4) is 17.4 Å². The van der Waals surface area contributed by atoms with Gasteiger partial charge in [-0.25, -0.2) is 4.98 Å². The van der Waals surface area contributed by atoms with Crippen LogP contribution in [0.15, 0.2) is 64.0 Å². The Morgan fingerprint density at radius 2 is 2.10 bits per heavy atom. The van der Waals surface area contributed by atoms with E-state index in [2.05, 4.69) is 20.4 Å². The standard InChI is InChI=1S/C20H16ClN5O3/c1-2-14-10-18(27)24-20(22-14)26-17(11-15(25-26)16-7-4-8-29-16)23-19(28)12-5-3-6-13(21)9-12/h3-11H,2H2,1H3,(H,23,28)(H,22,24,27). The number of hydrogen-bond acceptors (Lipinski definition) is 5. The van der Waals surface area contributed by atoms with Crippen LogP contribution < -0.4 is 10.9 Å². The molecule has 0 spiro atoms. The molecule has 0 aliphatic carbocycles. The van der Waals surface area contributed by atoms with Crippen LogP contribution in [-0.2, 0) is 6.42 Å². The fourth-order valence-electron chi connectivity index (χ4n) is 2.77. The van der Waals surface area contributed by atoms with E-state index >= 15 is 0 Å². The summed E-state index contributed by atoms with van der Waals surface area (Å²) < 4.78 is 6.76. The first-order valence-corrected chi connectivity index (χ1v) is 9.23. The molecule has 4 aromatic rings. The van der Waals surface area contributed by atoms with Crippen molar-refractivity contribution in [1.29, 1.82) is 0 Å². The Hall–Kier alpha value is -3.65. The molecule has 0 saturated carbocycles. The summed E-state index contributed by atoms with van der Waals surface area (Å²) in [5.41, 5.74) is 1.15. The quantitative estimate of drug-likeness (QED) is 0.523. The Morgan fingerprint density at radius 3 is 2.83 bits per heavy atom. The van der Waals surface area contributed by atoms with Crippen LogP contribution in [0.5, 0.6) is 0 Å². The maximum absolute atomic E-state index is 12.7. The first kappa shape index (κ1) is 18.7. The molecule has 0 unspecified atom stereocenters. The van der Waals surface area contributed by atoms with Crippen LogP contribution in [-0.4, -0.2) is 25.7 Å². The number of carbonyl (C=O) groups excluding carboxylic acids is 1. The van der Waals surface area contributed by atoms with E-state index in [9.17, 15) is 9.59 Å². The SMILES string of the molecule is CCc1cc(=O)[nH]c(-n2nc(-c3ccco3)cc2NC(=O)c2cccc(Cl)c2)n1. The molecule has 0 aliphatic rings. The molecule has 0 fully saturated rings. The number of amides is 1. The minimum atomic E-state index is -0.381. The summed E-state index contributed by atoms with van der Waals surface area (Å²) in [6.07, 6.45) is 2.10. The van der Waals surface area contributed by atoms with Gasteiger partial charge in [-0.15, -0.1) is 0 Å². The molecule has 4 rings (SSSR count). The van der Waals surface area contributed by atoms with Crippen molar-refractivity contribution in [2.45, 2.75) is 13.3 Å². The van der Waals surface area contributed by atoms with Gasteiger partial charge in [0, 0.05) is 28.4 Å². The van der Waals surface area contributed by atoms with Crippen molar-refractivity contribution in [2.24, 2.45) is 0 Å². The summed E-state index contributed by atoms with van der Waals surface area (Å²) in [6.45, 7) is 1.89. The van der Waals surface area contributed by atoms with Crippen molar-refractivity contribution >= 4 is 23.3 Å². The smallest absolute Gasteiger partial charge is 0.256 e. The lowest BCUT2D eigenvalue weighted by Crippen LogP contribution is -2.19. The van der Waals surface area contributed by atoms with Crippen molar-refractivity contribution in [3.05, 3.63) is 81.4 Å². The van der Waals surface area contributed by atoms with Crippen molar-refractivity contribution in [1.82, 2.24) is 19.7 Å². The average molecular weight is 410 g/mol. The molecule has 29 heavy (non-hydrogen) atoms. The van der Waals surface area contributed by atoms with E-state index < -0.39 is 0 Å². The van der Waals surface area contributed by atoms with Crippen LogP contribution in [0.2, 0.25) is 5.02 Å². The van der Waals surface area contributed by atoms with Gasteiger partial charge in [0.1, 0.15) is 11.5 Å². The van der Waals surface area contributed by atoms with Crippen LogP contribution in [0, 0.1) is 0 Å². The number of nitrogens with zero attached hydrogens (tertiary/aromatic N) is 3. The molecule has 0 bridgehead atoms. The molecule has 1 amide bonds. The highest BCUT2D eigenvalue weighted by molar-refractivity contribution is 6.31. The number of carbonyl (C=O) groups is 1. The Balaban J connectivity index is 1.79. The summed E-state index contributed by atoms with van der Waals surface area (Å²) in [5, 5.41) is 7.69. The van der Waals surface area contributed by atoms with Gasteiger partial charge < -0.3 is 9.73 Å². The monoisotopic (exact) mass is 409 g/mol. The molecule has 0 saturated heterocycles. The number of aryl methyl sites for hydroxylation is 1. The largest absolute Gasteiger partial charge is 0.463 e. The lowest BCUT2D eigenvalue weighted by Gasteiger charge is -2.09. The van der Waals surface area contributed by atoms with Gasteiger partial charge >= 0.3 is 0 Å². The zero-order valence-electron chi connectivity index (χ0n) is 15.3. The second-order valence-corrected chi connectivity index (χ2v) is 6.62. The van der Waals surface area contributed by atoms with Gasteiger partial charge in [0.05, 0.1) is 6.26 Å². The Morgan fingerprint density at radius 1 is 1.24 bits per heavy atom. The molecule has 146 valence electrons. The first-order chi connectivity index (χ1) is 14.0. The van der Waals surface area contributed by atoms with E-state index in [1.54, 1.807) is 42.5 Å². The van der Waals surface area contributed by atoms with Crippen LogP contribution in [0.25, 0.3) is 17.4 Å². The Kier molecular flexibility index (Phi) is 5.01. The van der Waals surface area contributed by atoms with Gasteiger partial charge in [0.15, 0.2) is 5.76 Å². The Labute approximate surface area is 170 Å². The number of aromatic nitrogens is 4. The van der Waals surface area contributed by atoms with Crippen LogP contribution in [0.1, 0.15) is 23.0 Å². The molecular formula is C20H16ClN5O3. The summed E-state index contributed by atoms with van der Waals surface area (Å²) in [7, 11) is 0. The van der Waals surface area contributed by atoms with Crippen molar-refractivity contribution in [2.75, 3.05) is 5.32 Å². The van der Waals surface area contributed by atoms with Crippen LogP contribution in [0.4, 0.5) is 5.82 Å². The van der Waals surface area contributed by atoms with E-state index in [0.29, 0.717) is 40.0 Å². The highest BCUT2D eigenvalue weighted by Crippen LogP contribution is 2.24. The third kappa shape index (κ3) is 3.97. The summed E-state index contributed by atoms with van der Waals surface area (Å²) in [5.74, 6) is 0.635. The summed E-state index contributed by atoms with van der Waals surface area (Å²) >= 11 is 5.98. The van der Waals surface area contributed by atoms with Gasteiger partial charge in [-0.1, -0.05) is 24.6 Å². The predicted octanol–water partition coefficient (Wildman–Crippen LogP) is 3.68. The van der Waals surface area contributed by atoms with E-state index in [1.165, 1.54) is 17.0 Å². The zero-order valence-corrected chi connectivity index (χ0v) is 16.1. The third-order valence-electron chi connectivity index (χ3n) is 4.16. The minimum Gasteiger partial charge on any atom is -0.463 e. The van der Waals surface area contributed by atoms with E-state index in [4.69, 9.17) is 16.0 Å². The lowest BCUT2D eigenvalue weighted by atomic mass is 10.2. The van der Waals surface area contributed by atoms with Crippen molar-refractivity contribution < 1.29 is 9.21 Å². The van der Waals surface area contributed by atoms with Crippen LogP contribution in [0.3, 0.4) is 0 Å². The highest BCUT2D eigenvalue weighted by Gasteiger charge is 2.18. The molecular weight excluding hydrogens is 394 g/mol. The van der Waals surface area contributed by atoms with Gasteiger partial charge in [0.2, 0.25) is 5.95 Å².